The van der Waals surface area contributed by atoms with Crippen LogP contribution in [0.25, 0.3) is 0 Å². The van der Waals surface area contributed by atoms with E-state index in [0.29, 0.717) is 0 Å². The number of amides is 1. The third-order valence-corrected chi connectivity index (χ3v) is 4.59. The van der Waals surface area contributed by atoms with Crippen LogP contribution in [0.3, 0.4) is 0 Å². The second-order valence-electron chi connectivity index (χ2n) is 6.73. The lowest BCUT2D eigenvalue weighted by Crippen LogP contribution is -2.61. The average molecular weight is 339 g/mol. The van der Waals surface area contributed by atoms with Crippen molar-refractivity contribution in [2.24, 2.45) is 5.73 Å². The van der Waals surface area contributed by atoms with Crippen LogP contribution in [0.4, 0.5) is 0 Å². The minimum atomic E-state index is -0.314. The fourth-order valence-corrected chi connectivity index (χ4v) is 3.14. The van der Waals surface area contributed by atoms with E-state index in [9.17, 15) is 4.79 Å². The van der Waals surface area contributed by atoms with Gasteiger partial charge in [-0.05, 0) is 25.3 Å². The van der Waals surface area contributed by atoms with Gasteiger partial charge in [0.05, 0.1) is 0 Å². The molecule has 1 amide bonds. The largest absolute Gasteiger partial charge is 0.368 e. The molecule has 1 aliphatic rings. The second kappa shape index (κ2) is 12.3. The maximum Gasteiger partial charge on any atom is 0.240 e. The zero-order chi connectivity index (χ0) is 17.8. The highest BCUT2D eigenvalue weighted by atomic mass is 16.2. The van der Waals surface area contributed by atoms with Gasteiger partial charge >= 0.3 is 0 Å². The van der Waals surface area contributed by atoms with Gasteiger partial charge in [-0.25, -0.2) is 5.01 Å². The van der Waals surface area contributed by atoms with Crippen LogP contribution >= 0.6 is 0 Å². The van der Waals surface area contributed by atoms with E-state index in [1.165, 1.54) is 44.9 Å². The third-order valence-electron chi connectivity index (χ3n) is 4.59. The fraction of sp³-hybridized carbons (Fsp3) is 0.842. The summed E-state index contributed by atoms with van der Waals surface area (Å²) in [5, 5.41) is 6.77. The van der Waals surface area contributed by atoms with Crippen LogP contribution in [0, 0.1) is 0 Å². The number of rotatable bonds is 13. The van der Waals surface area contributed by atoms with E-state index in [1.54, 1.807) is 0 Å². The zero-order valence-electron chi connectivity index (χ0n) is 16.0. The van der Waals surface area contributed by atoms with Gasteiger partial charge < -0.3 is 5.73 Å². The van der Waals surface area contributed by atoms with Crippen molar-refractivity contribution >= 4 is 5.91 Å². The molecule has 5 nitrogen and oxygen atoms in total. The van der Waals surface area contributed by atoms with Crippen molar-refractivity contribution in [1.29, 1.82) is 0 Å². The van der Waals surface area contributed by atoms with E-state index in [0.717, 1.165) is 32.5 Å². The number of carbonyl (C=O) groups excluding carboxylic acids is 1. The molecule has 0 bridgehead atoms. The van der Waals surface area contributed by atoms with Crippen molar-refractivity contribution in [3.8, 4) is 0 Å². The highest BCUT2D eigenvalue weighted by Gasteiger charge is 2.32. The Bertz CT molecular complexity index is 372. The number of carbonyl (C=O) groups is 1. The quantitative estimate of drug-likeness (QED) is 0.521. The Hall–Kier alpha value is -1.07. The van der Waals surface area contributed by atoms with E-state index >= 15 is 0 Å². The van der Waals surface area contributed by atoms with E-state index in [4.69, 9.17) is 5.73 Å². The Kier molecular flexibility index (Phi) is 10.8. The predicted molar refractivity (Wildman–Crippen MR) is 101 cm³/mol. The molecule has 2 N–H and O–H groups in total. The molecular weight excluding hydrogens is 300 g/mol. The van der Waals surface area contributed by atoms with Gasteiger partial charge in [0.1, 0.15) is 6.04 Å². The lowest BCUT2D eigenvalue weighted by molar-refractivity contribution is -0.189. The summed E-state index contributed by atoms with van der Waals surface area (Å²) < 4.78 is 0. The minimum absolute atomic E-state index is 0.253. The Labute approximate surface area is 148 Å². The molecule has 5 heteroatoms. The number of primary amides is 1. The number of hydrogen-bond donors (Lipinski definition) is 1. The predicted octanol–water partition coefficient (Wildman–Crippen LogP) is 3.67. The zero-order valence-corrected chi connectivity index (χ0v) is 16.0. The number of nitrogens with two attached hydrogens (primary N) is 1. The van der Waals surface area contributed by atoms with Gasteiger partial charge in [-0.1, -0.05) is 59.3 Å². The van der Waals surface area contributed by atoms with Crippen LogP contribution in [0.5, 0.6) is 0 Å². The first-order valence-electron chi connectivity index (χ1n) is 9.93. The maximum absolute atomic E-state index is 11.9. The molecule has 24 heavy (non-hydrogen) atoms. The highest BCUT2D eigenvalue weighted by molar-refractivity contribution is 5.81. The van der Waals surface area contributed by atoms with E-state index in [-0.39, 0.29) is 11.9 Å². The van der Waals surface area contributed by atoms with Crippen LogP contribution in [-0.4, -0.2) is 46.7 Å². The first kappa shape index (κ1) is 21.0. The molecule has 1 unspecified atom stereocenters. The minimum Gasteiger partial charge on any atom is -0.368 e. The molecule has 0 aromatic rings. The molecule has 0 aromatic carbocycles. The summed E-state index contributed by atoms with van der Waals surface area (Å²) in [5.74, 6) is -0.253. The molecule has 1 heterocycles. The Balaban J connectivity index is 2.83. The first-order valence-corrected chi connectivity index (χ1v) is 9.93. The summed E-state index contributed by atoms with van der Waals surface area (Å²) in [6.07, 6.45) is 14.7. The fourth-order valence-electron chi connectivity index (χ4n) is 3.14. The van der Waals surface area contributed by atoms with Gasteiger partial charge in [-0.15, -0.1) is 0 Å². The van der Waals surface area contributed by atoms with Gasteiger partial charge in [0.2, 0.25) is 5.91 Å². The van der Waals surface area contributed by atoms with E-state index in [1.807, 2.05) is 6.08 Å². The van der Waals surface area contributed by atoms with Crippen molar-refractivity contribution in [2.75, 3.05) is 19.6 Å². The van der Waals surface area contributed by atoms with Crippen LogP contribution in [0.1, 0.15) is 78.6 Å². The number of unbranched alkanes of at least 4 members (excludes halogenated alkanes) is 6. The number of hydrogen-bond acceptors (Lipinski definition) is 4. The van der Waals surface area contributed by atoms with Crippen molar-refractivity contribution in [1.82, 2.24) is 15.1 Å². The normalized spacial score (nSPS) is 19.1. The molecule has 0 saturated carbocycles. The molecular formula is C19H38N4O. The van der Waals surface area contributed by atoms with Gasteiger partial charge in [0, 0.05) is 25.8 Å². The van der Waals surface area contributed by atoms with Crippen LogP contribution in [0.15, 0.2) is 12.3 Å². The molecule has 0 radical (unpaired) electrons. The van der Waals surface area contributed by atoms with Crippen molar-refractivity contribution < 1.29 is 4.79 Å². The Morgan fingerprint density at radius 3 is 1.96 bits per heavy atom. The third kappa shape index (κ3) is 6.81. The molecule has 0 saturated heterocycles. The van der Waals surface area contributed by atoms with Gasteiger partial charge in [0.15, 0.2) is 0 Å². The molecule has 0 aromatic heterocycles. The van der Waals surface area contributed by atoms with Crippen molar-refractivity contribution in [3.63, 3.8) is 0 Å². The number of hydrazine groups is 2. The van der Waals surface area contributed by atoms with E-state index < -0.39 is 0 Å². The molecule has 1 aliphatic heterocycles. The van der Waals surface area contributed by atoms with Gasteiger partial charge in [0.25, 0.3) is 0 Å². The molecule has 0 fully saturated rings. The summed E-state index contributed by atoms with van der Waals surface area (Å²) in [5.41, 5.74) is 5.67. The average Bonchev–Trinajstić information content (AvgIpc) is 2.57. The summed E-state index contributed by atoms with van der Waals surface area (Å²) in [6, 6.07) is -0.314. The summed E-state index contributed by atoms with van der Waals surface area (Å²) in [6.45, 7) is 9.51. The maximum atomic E-state index is 11.9. The molecule has 1 atom stereocenters. The standard InChI is InChI=1S/C19H38N4O/c1-4-7-10-14-21-17-13-18(19(20)24)22(15-11-8-5-2)23(21)16-12-9-6-3/h13,17-18H,4-12,14-16H2,1-3H3,(H2,20,24). The molecule has 140 valence electrons. The molecule has 0 spiro atoms. The highest BCUT2D eigenvalue weighted by Crippen LogP contribution is 2.20. The monoisotopic (exact) mass is 338 g/mol. The second-order valence-corrected chi connectivity index (χ2v) is 6.73. The molecule has 1 rings (SSSR count). The SMILES string of the molecule is CCCCCN1C=CC(C(N)=O)N(CCCCC)N1CCCCC. The topological polar surface area (TPSA) is 52.8 Å². The lowest BCUT2D eigenvalue weighted by atomic mass is 10.2. The Morgan fingerprint density at radius 1 is 0.875 bits per heavy atom. The summed E-state index contributed by atoms with van der Waals surface area (Å²) in [4.78, 5) is 11.9. The molecule has 0 aliphatic carbocycles. The van der Waals surface area contributed by atoms with Crippen molar-refractivity contribution in [2.45, 2.75) is 84.6 Å². The van der Waals surface area contributed by atoms with Gasteiger partial charge in [-0.3, -0.25) is 9.80 Å². The van der Waals surface area contributed by atoms with Crippen LogP contribution < -0.4 is 5.73 Å². The van der Waals surface area contributed by atoms with Crippen LogP contribution in [0.2, 0.25) is 0 Å². The van der Waals surface area contributed by atoms with Crippen molar-refractivity contribution in [3.05, 3.63) is 12.3 Å². The lowest BCUT2D eigenvalue weighted by Gasteiger charge is -2.47. The Morgan fingerprint density at radius 2 is 1.42 bits per heavy atom. The smallest absolute Gasteiger partial charge is 0.240 e. The first-order chi connectivity index (χ1) is 11.7. The summed E-state index contributed by atoms with van der Waals surface area (Å²) in [7, 11) is 0. The summed E-state index contributed by atoms with van der Waals surface area (Å²) >= 11 is 0. The van der Waals surface area contributed by atoms with Crippen LogP contribution in [-0.2, 0) is 4.79 Å². The van der Waals surface area contributed by atoms with Gasteiger partial charge in [-0.2, -0.15) is 5.12 Å². The number of nitrogens with zero attached hydrogens (tertiary/aromatic N) is 3. The van der Waals surface area contributed by atoms with E-state index in [2.05, 4.69) is 42.1 Å².